The van der Waals surface area contributed by atoms with E-state index in [1.54, 1.807) is 11.1 Å². The second-order valence-corrected chi connectivity index (χ2v) is 6.54. The quantitative estimate of drug-likeness (QED) is 0.867. The molecule has 1 unspecified atom stereocenters. The van der Waals surface area contributed by atoms with Crippen molar-refractivity contribution in [3.8, 4) is 0 Å². The van der Waals surface area contributed by atoms with E-state index in [0.29, 0.717) is 17.3 Å². The minimum Gasteiger partial charge on any atom is -0.371 e. The number of hydrogen-bond donors (Lipinski definition) is 0. The molecule has 5 nitrogen and oxygen atoms in total. The van der Waals surface area contributed by atoms with Gasteiger partial charge in [0.2, 0.25) is 0 Å². The maximum absolute atomic E-state index is 12.6. The van der Waals surface area contributed by atoms with Crippen molar-refractivity contribution >= 4 is 11.6 Å². The topological polar surface area (TPSA) is 49.3 Å². The first-order valence-corrected chi connectivity index (χ1v) is 8.40. The fourth-order valence-electron chi connectivity index (χ4n) is 3.32. The van der Waals surface area contributed by atoms with Crippen LogP contribution >= 0.6 is 0 Å². The average Bonchev–Trinajstić information content (AvgIpc) is 3.03. The van der Waals surface area contributed by atoms with Crippen LogP contribution in [0.4, 0.5) is 5.69 Å². The predicted molar refractivity (Wildman–Crippen MR) is 95.2 cm³/mol. The lowest BCUT2D eigenvalue weighted by molar-refractivity contribution is 0.0774. The van der Waals surface area contributed by atoms with Gasteiger partial charge in [-0.25, -0.2) is 9.97 Å². The highest BCUT2D eigenvalue weighted by Gasteiger charge is 2.26. The molecule has 1 aromatic heterocycles. The van der Waals surface area contributed by atoms with E-state index in [9.17, 15) is 4.79 Å². The Bertz CT molecular complexity index is 717. The van der Waals surface area contributed by atoms with Crippen LogP contribution in [0.5, 0.6) is 0 Å². The summed E-state index contributed by atoms with van der Waals surface area (Å²) in [6.07, 6.45) is 2.75. The van der Waals surface area contributed by atoms with Crippen molar-refractivity contribution in [2.24, 2.45) is 5.92 Å². The lowest BCUT2D eigenvalue weighted by Crippen LogP contribution is -2.33. The summed E-state index contributed by atoms with van der Waals surface area (Å²) in [5.74, 6) is 1.19. The summed E-state index contributed by atoms with van der Waals surface area (Å²) in [5.41, 5.74) is 2.61. The molecule has 1 aliphatic rings. The molecule has 0 saturated carbocycles. The first-order valence-electron chi connectivity index (χ1n) is 8.40. The van der Waals surface area contributed by atoms with Gasteiger partial charge in [-0.1, -0.05) is 18.2 Å². The zero-order chi connectivity index (χ0) is 17.1. The molecule has 0 spiro atoms. The fourth-order valence-corrected chi connectivity index (χ4v) is 3.32. The molecule has 3 rings (SSSR count). The third-order valence-electron chi connectivity index (χ3n) is 4.62. The number of anilines is 1. The van der Waals surface area contributed by atoms with Crippen molar-refractivity contribution in [3.63, 3.8) is 0 Å². The Labute approximate surface area is 143 Å². The van der Waals surface area contributed by atoms with Gasteiger partial charge < -0.3 is 9.80 Å². The number of aryl methyl sites for hydroxylation is 2. The van der Waals surface area contributed by atoms with Crippen LogP contribution in [0.2, 0.25) is 0 Å². The van der Waals surface area contributed by atoms with Crippen molar-refractivity contribution in [2.75, 3.05) is 31.6 Å². The summed E-state index contributed by atoms with van der Waals surface area (Å²) in [6, 6.07) is 10.5. The van der Waals surface area contributed by atoms with Gasteiger partial charge in [-0.2, -0.15) is 0 Å². The Morgan fingerprint density at radius 1 is 1.29 bits per heavy atom. The van der Waals surface area contributed by atoms with Crippen molar-refractivity contribution in [3.05, 3.63) is 53.6 Å². The number of nitrogens with zero attached hydrogens (tertiary/aromatic N) is 4. The minimum atomic E-state index is 0.00524. The van der Waals surface area contributed by atoms with Crippen molar-refractivity contribution < 1.29 is 4.79 Å². The summed E-state index contributed by atoms with van der Waals surface area (Å²) in [5, 5.41) is 0. The van der Waals surface area contributed by atoms with Gasteiger partial charge >= 0.3 is 0 Å². The maximum atomic E-state index is 12.6. The Morgan fingerprint density at radius 3 is 2.75 bits per heavy atom. The Morgan fingerprint density at radius 2 is 2.04 bits per heavy atom. The molecule has 126 valence electrons. The van der Waals surface area contributed by atoms with E-state index in [2.05, 4.69) is 39.1 Å². The molecule has 1 saturated heterocycles. The van der Waals surface area contributed by atoms with E-state index < -0.39 is 0 Å². The van der Waals surface area contributed by atoms with E-state index in [4.69, 9.17) is 0 Å². The van der Waals surface area contributed by atoms with Crippen molar-refractivity contribution in [2.45, 2.75) is 20.3 Å². The lowest BCUT2D eigenvalue weighted by atomic mass is 10.1. The zero-order valence-electron chi connectivity index (χ0n) is 14.6. The molecule has 1 atom stereocenters. The van der Waals surface area contributed by atoms with Crippen LogP contribution in [0.1, 0.15) is 28.3 Å². The zero-order valence-corrected chi connectivity index (χ0v) is 14.6. The highest BCUT2D eigenvalue weighted by Crippen LogP contribution is 2.24. The first kappa shape index (κ1) is 16.4. The van der Waals surface area contributed by atoms with Crippen molar-refractivity contribution in [1.82, 2.24) is 14.9 Å². The van der Waals surface area contributed by atoms with Crippen LogP contribution in [-0.2, 0) is 0 Å². The second-order valence-electron chi connectivity index (χ2n) is 6.54. The molecular weight excluding hydrogens is 300 g/mol. The molecule has 1 aliphatic heterocycles. The number of carbonyl (C=O) groups is 1. The number of hydrogen-bond acceptors (Lipinski definition) is 4. The molecule has 1 amide bonds. The van der Waals surface area contributed by atoms with Gasteiger partial charge in [-0.05, 0) is 38.3 Å². The van der Waals surface area contributed by atoms with Crippen LogP contribution in [0.3, 0.4) is 0 Å². The van der Waals surface area contributed by atoms with E-state index in [1.165, 1.54) is 5.69 Å². The summed E-state index contributed by atoms with van der Waals surface area (Å²) in [4.78, 5) is 25.3. The lowest BCUT2D eigenvalue weighted by Gasteiger charge is -2.23. The molecule has 24 heavy (non-hydrogen) atoms. The standard InChI is InChI=1S/C19H24N4O/c1-14-18(11-20-15(2)21-14)19(24)22(3)12-16-9-10-23(13-16)17-7-5-4-6-8-17/h4-8,11,16H,9-10,12-13H2,1-3H3. The predicted octanol–water partition coefficient (Wildman–Crippen LogP) is 2.69. The number of amides is 1. The number of benzene rings is 1. The summed E-state index contributed by atoms with van der Waals surface area (Å²) in [6.45, 7) is 6.49. The van der Waals surface area contributed by atoms with Gasteiger partial charge in [-0.3, -0.25) is 4.79 Å². The molecule has 0 N–H and O–H groups in total. The van der Waals surface area contributed by atoms with Gasteiger partial charge in [0.25, 0.3) is 5.91 Å². The van der Waals surface area contributed by atoms with E-state index >= 15 is 0 Å². The maximum Gasteiger partial charge on any atom is 0.257 e. The first-order chi connectivity index (χ1) is 11.5. The third kappa shape index (κ3) is 3.55. The van der Waals surface area contributed by atoms with Crippen LogP contribution in [0.15, 0.2) is 36.5 Å². The average molecular weight is 324 g/mol. The van der Waals surface area contributed by atoms with Gasteiger partial charge in [0.15, 0.2) is 0 Å². The Hall–Kier alpha value is -2.43. The minimum absolute atomic E-state index is 0.00524. The molecule has 2 heterocycles. The molecule has 1 aromatic carbocycles. The molecule has 0 aliphatic carbocycles. The SMILES string of the molecule is Cc1ncc(C(=O)N(C)CC2CCN(c3ccccc3)C2)c(C)n1. The Kier molecular flexibility index (Phi) is 4.79. The van der Waals surface area contributed by atoms with E-state index in [1.807, 2.05) is 27.0 Å². The number of carbonyl (C=O) groups excluding carboxylic acids is 1. The number of para-hydroxylation sites is 1. The molecule has 1 fully saturated rings. The van der Waals surface area contributed by atoms with Gasteiger partial charge in [0, 0.05) is 38.6 Å². The van der Waals surface area contributed by atoms with Crippen LogP contribution in [0.25, 0.3) is 0 Å². The number of aromatic nitrogens is 2. The Balaban J connectivity index is 1.61. The molecule has 0 radical (unpaired) electrons. The van der Waals surface area contributed by atoms with E-state index in [-0.39, 0.29) is 5.91 Å². The van der Waals surface area contributed by atoms with Crippen LogP contribution in [0, 0.1) is 19.8 Å². The van der Waals surface area contributed by atoms with E-state index in [0.717, 1.165) is 31.7 Å². The van der Waals surface area contributed by atoms with Crippen LogP contribution < -0.4 is 4.90 Å². The number of rotatable bonds is 4. The fraction of sp³-hybridized carbons (Fsp3) is 0.421. The second kappa shape index (κ2) is 6.99. The molecule has 0 bridgehead atoms. The van der Waals surface area contributed by atoms with Gasteiger partial charge in [-0.15, -0.1) is 0 Å². The highest BCUT2D eigenvalue weighted by atomic mass is 16.2. The molecule has 2 aromatic rings. The third-order valence-corrected chi connectivity index (χ3v) is 4.62. The van der Waals surface area contributed by atoms with Crippen LogP contribution in [-0.4, -0.2) is 47.5 Å². The summed E-state index contributed by atoms with van der Waals surface area (Å²) in [7, 11) is 1.87. The molecule has 5 heteroatoms. The van der Waals surface area contributed by atoms with Gasteiger partial charge in [0.1, 0.15) is 5.82 Å². The normalized spacial score (nSPS) is 17.1. The summed E-state index contributed by atoms with van der Waals surface area (Å²) < 4.78 is 0. The summed E-state index contributed by atoms with van der Waals surface area (Å²) >= 11 is 0. The highest BCUT2D eigenvalue weighted by molar-refractivity contribution is 5.94. The van der Waals surface area contributed by atoms with Crippen molar-refractivity contribution in [1.29, 1.82) is 0 Å². The van der Waals surface area contributed by atoms with Gasteiger partial charge in [0.05, 0.1) is 11.3 Å². The largest absolute Gasteiger partial charge is 0.371 e. The molecular formula is C19H24N4O. The monoisotopic (exact) mass is 324 g/mol. The smallest absolute Gasteiger partial charge is 0.257 e.